The molecular formula is C22H28N4O2Si. The van der Waals surface area contributed by atoms with Gasteiger partial charge in [0.1, 0.15) is 18.4 Å². The number of fused-ring (bicyclic) bond motifs is 1. The van der Waals surface area contributed by atoms with E-state index < -0.39 is 8.32 Å². The zero-order valence-electron chi connectivity index (χ0n) is 18.0. The lowest BCUT2D eigenvalue weighted by atomic mass is 10.1. The van der Waals surface area contributed by atoms with E-state index in [1.165, 1.54) is 0 Å². The van der Waals surface area contributed by atoms with Crippen molar-refractivity contribution in [3.8, 4) is 22.9 Å². The number of nitriles is 1. The number of rotatable bonds is 6. The molecule has 0 bridgehead atoms. The molecule has 6 nitrogen and oxygen atoms in total. The van der Waals surface area contributed by atoms with Gasteiger partial charge in [-0.05, 0) is 37.2 Å². The molecule has 7 heteroatoms. The maximum absolute atomic E-state index is 9.46. The van der Waals surface area contributed by atoms with Gasteiger partial charge in [-0.2, -0.15) is 10.4 Å². The summed E-state index contributed by atoms with van der Waals surface area (Å²) in [6.07, 6.45) is 5.18. The molecule has 0 N–H and O–H groups in total. The molecule has 0 aliphatic heterocycles. The first-order chi connectivity index (χ1) is 13.6. The van der Waals surface area contributed by atoms with Gasteiger partial charge < -0.3 is 9.16 Å². The van der Waals surface area contributed by atoms with Gasteiger partial charge >= 0.3 is 0 Å². The Hall–Kier alpha value is -2.69. The minimum Gasteiger partial charge on any atom is -0.490 e. The van der Waals surface area contributed by atoms with E-state index in [-0.39, 0.29) is 5.04 Å². The lowest BCUT2D eigenvalue weighted by Crippen LogP contribution is -2.41. The average Bonchev–Trinajstić information content (AvgIpc) is 3.07. The third-order valence-electron chi connectivity index (χ3n) is 5.55. The van der Waals surface area contributed by atoms with Crippen LogP contribution in [0.3, 0.4) is 0 Å². The second kappa shape index (κ2) is 7.97. The summed E-state index contributed by atoms with van der Waals surface area (Å²) in [7, 11) is -1.80. The Kier molecular flexibility index (Phi) is 5.78. The number of aromatic nitrogens is 3. The SMILES string of the molecule is Cc1ccc(-c2cc(OCCO[Si](C)(C)C(C)(C)C)cn3ncc(C#N)c23)cn1. The minimum absolute atomic E-state index is 0.167. The monoisotopic (exact) mass is 408 g/mol. The van der Waals surface area contributed by atoms with Crippen molar-refractivity contribution >= 4 is 13.8 Å². The van der Waals surface area contributed by atoms with Crippen LogP contribution in [0.4, 0.5) is 0 Å². The van der Waals surface area contributed by atoms with Gasteiger partial charge in [-0.3, -0.25) is 4.98 Å². The summed E-state index contributed by atoms with van der Waals surface area (Å²) in [4.78, 5) is 4.39. The summed E-state index contributed by atoms with van der Waals surface area (Å²) >= 11 is 0. The molecule has 0 aliphatic rings. The van der Waals surface area contributed by atoms with E-state index >= 15 is 0 Å². The number of aryl methyl sites for hydroxylation is 1. The summed E-state index contributed by atoms with van der Waals surface area (Å²) in [6.45, 7) is 14.1. The first-order valence-electron chi connectivity index (χ1n) is 9.74. The summed E-state index contributed by atoms with van der Waals surface area (Å²) in [5.41, 5.74) is 4.00. The molecule has 0 amide bonds. The minimum atomic E-state index is -1.80. The highest BCUT2D eigenvalue weighted by atomic mass is 28.4. The van der Waals surface area contributed by atoms with Crippen LogP contribution in [0.2, 0.25) is 18.1 Å². The second-order valence-corrected chi connectivity index (χ2v) is 13.5. The molecule has 0 unspecified atom stereocenters. The molecule has 3 heterocycles. The maximum Gasteiger partial charge on any atom is 0.192 e. The molecule has 152 valence electrons. The normalized spacial score (nSPS) is 12.2. The van der Waals surface area contributed by atoms with Crippen LogP contribution in [0, 0.1) is 18.3 Å². The summed E-state index contributed by atoms with van der Waals surface area (Å²) in [5.74, 6) is 0.680. The summed E-state index contributed by atoms with van der Waals surface area (Å²) in [6, 6.07) is 8.10. The van der Waals surface area contributed by atoms with E-state index in [0.29, 0.717) is 24.5 Å². The van der Waals surface area contributed by atoms with E-state index in [4.69, 9.17) is 9.16 Å². The standard InChI is InChI=1S/C22H28N4O2Si/c1-16-7-8-17(13-24-16)20-11-19(15-26-21(20)18(12-23)14-25-26)27-9-10-28-29(5,6)22(2,3)4/h7-8,11,13-15H,9-10H2,1-6H3. The smallest absolute Gasteiger partial charge is 0.192 e. The highest BCUT2D eigenvalue weighted by Gasteiger charge is 2.36. The Morgan fingerprint density at radius 2 is 1.93 bits per heavy atom. The van der Waals surface area contributed by atoms with Crippen LogP contribution in [-0.4, -0.2) is 36.1 Å². The molecular weight excluding hydrogens is 380 g/mol. The van der Waals surface area contributed by atoms with Crippen molar-refractivity contribution in [2.24, 2.45) is 0 Å². The van der Waals surface area contributed by atoms with Gasteiger partial charge in [0.2, 0.25) is 0 Å². The Morgan fingerprint density at radius 3 is 2.55 bits per heavy atom. The van der Waals surface area contributed by atoms with Gasteiger partial charge in [0.25, 0.3) is 0 Å². The van der Waals surface area contributed by atoms with E-state index in [0.717, 1.165) is 22.3 Å². The summed E-state index contributed by atoms with van der Waals surface area (Å²) in [5, 5.41) is 14.0. The highest BCUT2D eigenvalue weighted by Crippen LogP contribution is 2.36. The fraction of sp³-hybridized carbons (Fsp3) is 0.409. The molecule has 0 fully saturated rings. The first kappa shape index (κ1) is 21.0. The van der Waals surface area contributed by atoms with Crippen LogP contribution in [0.1, 0.15) is 32.0 Å². The Balaban J connectivity index is 1.85. The van der Waals surface area contributed by atoms with E-state index in [9.17, 15) is 5.26 Å². The van der Waals surface area contributed by atoms with Gasteiger partial charge in [-0.15, -0.1) is 0 Å². The molecule has 0 saturated heterocycles. The predicted molar refractivity (Wildman–Crippen MR) is 117 cm³/mol. The van der Waals surface area contributed by atoms with Crippen LogP contribution in [0.15, 0.2) is 36.8 Å². The zero-order chi connectivity index (χ0) is 21.2. The van der Waals surface area contributed by atoms with Crippen molar-refractivity contribution in [3.05, 3.63) is 48.0 Å². The average molecular weight is 409 g/mol. The number of nitrogens with zero attached hydrogens (tertiary/aromatic N) is 4. The van der Waals surface area contributed by atoms with E-state index in [1.54, 1.807) is 16.9 Å². The van der Waals surface area contributed by atoms with Gasteiger partial charge in [0.15, 0.2) is 8.32 Å². The van der Waals surface area contributed by atoms with Crippen molar-refractivity contribution < 1.29 is 9.16 Å². The summed E-state index contributed by atoms with van der Waals surface area (Å²) < 4.78 is 13.9. The highest BCUT2D eigenvalue weighted by molar-refractivity contribution is 6.74. The van der Waals surface area contributed by atoms with Crippen LogP contribution in [-0.2, 0) is 4.43 Å². The second-order valence-electron chi connectivity index (χ2n) is 8.70. The van der Waals surface area contributed by atoms with Gasteiger partial charge in [-0.1, -0.05) is 26.8 Å². The third kappa shape index (κ3) is 4.49. The molecule has 3 aromatic rings. The van der Waals surface area contributed by atoms with Crippen LogP contribution >= 0.6 is 0 Å². The molecule has 0 radical (unpaired) electrons. The number of ether oxygens (including phenoxy) is 1. The molecule has 0 atom stereocenters. The lowest BCUT2D eigenvalue weighted by Gasteiger charge is -2.36. The molecule has 3 rings (SSSR count). The maximum atomic E-state index is 9.46. The van der Waals surface area contributed by atoms with E-state index in [2.05, 4.69) is 50.0 Å². The fourth-order valence-electron chi connectivity index (χ4n) is 2.78. The zero-order valence-corrected chi connectivity index (χ0v) is 19.0. The molecule has 0 aliphatic carbocycles. The quantitative estimate of drug-likeness (QED) is 0.425. The van der Waals surface area contributed by atoms with Crippen molar-refractivity contribution in [1.82, 2.24) is 14.6 Å². The van der Waals surface area contributed by atoms with Crippen molar-refractivity contribution in [1.29, 1.82) is 5.26 Å². The van der Waals surface area contributed by atoms with E-state index in [1.807, 2.05) is 31.3 Å². The van der Waals surface area contributed by atoms with Crippen LogP contribution in [0.5, 0.6) is 5.75 Å². The molecule has 3 aromatic heterocycles. The predicted octanol–water partition coefficient (Wildman–Crippen LogP) is 4.98. The van der Waals surface area contributed by atoms with Crippen molar-refractivity contribution in [2.45, 2.75) is 45.8 Å². The van der Waals surface area contributed by atoms with Gasteiger partial charge in [0.05, 0.1) is 30.1 Å². The van der Waals surface area contributed by atoms with Crippen LogP contribution < -0.4 is 4.74 Å². The molecule has 0 spiro atoms. The van der Waals surface area contributed by atoms with Crippen LogP contribution in [0.25, 0.3) is 16.6 Å². The Bertz CT molecular complexity index is 1040. The van der Waals surface area contributed by atoms with Gasteiger partial charge in [0, 0.05) is 23.0 Å². The van der Waals surface area contributed by atoms with Gasteiger partial charge in [-0.25, -0.2) is 4.52 Å². The molecule has 0 aromatic carbocycles. The third-order valence-corrected chi connectivity index (χ3v) is 10.1. The molecule has 0 saturated carbocycles. The number of pyridine rings is 2. The first-order valence-corrected chi connectivity index (χ1v) is 12.6. The topological polar surface area (TPSA) is 72.4 Å². The fourth-order valence-corrected chi connectivity index (χ4v) is 3.80. The van der Waals surface area contributed by atoms with Crippen molar-refractivity contribution in [2.75, 3.05) is 13.2 Å². The molecule has 29 heavy (non-hydrogen) atoms. The lowest BCUT2D eigenvalue weighted by molar-refractivity contribution is 0.203. The largest absolute Gasteiger partial charge is 0.490 e. The Morgan fingerprint density at radius 1 is 1.17 bits per heavy atom. The Labute approximate surface area is 173 Å². The number of hydrogen-bond acceptors (Lipinski definition) is 5. The number of hydrogen-bond donors (Lipinski definition) is 0. The van der Waals surface area contributed by atoms with Crippen molar-refractivity contribution in [3.63, 3.8) is 0 Å².